The summed E-state index contributed by atoms with van der Waals surface area (Å²) in [5, 5.41) is 4.60. The Labute approximate surface area is 210 Å². The van der Waals surface area contributed by atoms with Gasteiger partial charge in [0.15, 0.2) is 0 Å². The van der Waals surface area contributed by atoms with Crippen molar-refractivity contribution >= 4 is 34.1 Å². The summed E-state index contributed by atoms with van der Waals surface area (Å²) in [4.78, 5) is 33.9. The Morgan fingerprint density at radius 1 is 1.03 bits per heavy atom. The minimum absolute atomic E-state index is 0.0684. The molecule has 0 bridgehead atoms. The highest BCUT2D eigenvalue weighted by atomic mass is 32.1. The minimum Gasteiger partial charge on any atom is -0.464 e. The van der Waals surface area contributed by atoms with Gasteiger partial charge in [0.25, 0.3) is 11.8 Å². The molecule has 35 heavy (non-hydrogen) atoms. The molecule has 0 saturated heterocycles. The number of carbonyl (C=O) groups is 2. The Bertz CT molecular complexity index is 1320. The average Bonchev–Trinajstić information content (AvgIpc) is 3.47. The highest BCUT2D eigenvalue weighted by Crippen LogP contribution is 2.31. The maximum atomic E-state index is 13.7. The van der Waals surface area contributed by atoms with Gasteiger partial charge < -0.3 is 14.6 Å². The monoisotopic (exact) mass is 489 g/mol. The number of carbonyl (C=O) groups excluding carboxylic acids is 2. The fourth-order valence-corrected chi connectivity index (χ4v) is 4.80. The van der Waals surface area contributed by atoms with E-state index in [1.165, 1.54) is 11.3 Å². The second-order valence-corrected chi connectivity index (χ2v) is 11.0. The van der Waals surface area contributed by atoms with Crippen LogP contribution in [0.5, 0.6) is 0 Å². The van der Waals surface area contributed by atoms with Gasteiger partial charge in [0.2, 0.25) is 0 Å². The summed E-state index contributed by atoms with van der Waals surface area (Å²) in [7, 11) is 0. The first-order valence-corrected chi connectivity index (χ1v) is 12.6. The maximum absolute atomic E-state index is 13.7. The molecule has 0 aliphatic rings. The molecule has 2 amide bonds. The zero-order valence-electron chi connectivity index (χ0n) is 20.6. The fourth-order valence-electron chi connectivity index (χ4n) is 3.88. The van der Waals surface area contributed by atoms with Crippen LogP contribution in [0, 0.1) is 12.3 Å². The lowest BCUT2D eigenvalue weighted by molar-refractivity contribution is 0.0727. The number of thiazole rings is 1. The van der Waals surface area contributed by atoms with Crippen LogP contribution in [0.1, 0.15) is 53.0 Å². The third-order valence-electron chi connectivity index (χ3n) is 5.80. The molecular formula is C28H31N3O3S. The number of aryl methyl sites for hydroxylation is 1. The van der Waals surface area contributed by atoms with Crippen molar-refractivity contribution in [2.45, 2.75) is 34.1 Å². The first kappa shape index (κ1) is 24.7. The highest BCUT2D eigenvalue weighted by molar-refractivity contribution is 7.15. The summed E-state index contributed by atoms with van der Waals surface area (Å²) >= 11 is 1.53. The van der Waals surface area contributed by atoms with Crippen molar-refractivity contribution in [2.24, 2.45) is 5.41 Å². The van der Waals surface area contributed by atoms with Gasteiger partial charge in [-0.15, -0.1) is 11.3 Å². The van der Waals surface area contributed by atoms with Gasteiger partial charge in [-0.2, -0.15) is 0 Å². The highest BCUT2D eigenvalue weighted by Gasteiger charge is 2.25. The molecule has 2 heterocycles. The predicted octanol–water partition coefficient (Wildman–Crippen LogP) is 6.17. The first-order valence-electron chi connectivity index (χ1n) is 11.8. The summed E-state index contributed by atoms with van der Waals surface area (Å²) < 4.78 is 5.41. The molecule has 1 N–H and O–H groups in total. The molecule has 0 saturated carbocycles. The zero-order chi connectivity index (χ0) is 25.0. The van der Waals surface area contributed by atoms with Crippen molar-refractivity contribution in [3.05, 3.63) is 77.1 Å². The lowest BCUT2D eigenvalue weighted by atomic mass is 9.92. The summed E-state index contributed by atoms with van der Waals surface area (Å²) in [6.07, 6.45) is 2.42. The van der Waals surface area contributed by atoms with Crippen LogP contribution in [-0.4, -0.2) is 41.3 Å². The van der Waals surface area contributed by atoms with E-state index in [1.807, 2.05) is 48.2 Å². The van der Waals surface area contributed by atoms with E-state index >= 15 is 0 Å². The molecule has 4 aromatic rings. The second kappa shape index (κ2) is 10.4. The van der Waals surface area contributed by atoms with Gasteiger partial charge >= 0.3 is 0 Å². The van der Waals surface area contributed by atoms with E-state index in [1.54, 1.807) is 24.5 Å². The third kappa shape index (κ3) is 5.98. The fraction of sp³-hybridized carbons (Fsp3) is 0.321. The van der Waals surface area contributed by atoms with Crippen LogP contribution in [0.3, 0.4) is 0 Å². The van der Waals surface area contributed by atoms with Crippen molar-refractivity contribution in [2.75, 3.05) is 19.6 Å². The van der Waals surface area contributed by atoms with E-state index in [0.717, 1.165) is 27.3 Å². The van der Waals surface area contributed by atoms with E-state index in [-0.39, 0.29) is 17.2 Å². The van der Waals surface area contributed by atoms with Crippen LogP contribution in [0.25, 0.3) is 21.4 Å². The molecule has 2 aromatic carbocycles. The van der Waals surface area contributed by atoms with Gasteiger partial charge in [-0.05, 0) is 42.5 Å². The van der Waals surface area contributed by atoms with E-state index in [2.05, 4.69) is 31.1 Å². The number of hydrogen-bond acceptors (Lipinski definition) is 5. The Kier molecular flexibility index (Phi) is 7.36. The van der Waals surface area contributed by atoms with Gasteiger partial charge in [-0.3, -0.25) is 9.59 Å². The number of amides is 2. The summed E-state index contributed by atoms with van der Waals surface area (Å²) in [6.45, 7) is 9.71. The number of nitrogens with one attached hydrogen (secondary N) is 1. The normalized spacial score (nSPS) is 11.5. The van der Waals surface area contributed by atoms with Crippen LogP contribution >= 0.6 is 11.3 Å². The molecule has 0 aliphatic carbocycles. The standard InChI is InChI=1S/C28H31N3O3S/c1-19-30-24(25(35-19)20-9-6-5-7-10-20)27(33)31(16-14-28(2,3)4)17-15-29-26(32)22-11-8-12-23-21(22)13-18-34-23/h5-13,18H,14-17H2,1-4H3,(H,29,32). The SMILES string of the molecule is Cc1nc(C(=O)N(CCNC(=O)c2cccc3occc23)CCC(C)(C)C)c(-c2ccccc2)s1. The molecule has 0 spiro atoms. The molecule has 4 rings (SSSR count). The van der Waals surface area contributed by atoms with Gasteiger partial charge in [-0.1, -0.05) is 57.2 Å². The van der Waals surface area contributed by atoms with Crippen molar-refractivity contribution < 1.29 is 14.0 Å². The number of hydrogen-bond donors (Lipinski definition) is 1. The summed E-state index contributed by atoms with van der Waals surface area (Å²) in [5.74, 6) is -0.293. The number of aromatic nitrogens is 1. The molecule has 0 aliphatic heterocycles. The molecule has 182 valence electrons. The summed E-state index contributed by atoms with van der Waals surface area (Å²) in [6, 6.07) is 17.1. The molecule has 6 nitrogen and oxygen atoms in total. The number of fused-ring (bicyclic) bond motifs is 1. The molecule has 0 fully saturated rings. The molecule has 0 atom stereocenters. The van der Waals surface area contributed by atoms with Gasteiger partial charge in [0, 0.05) is 25.0 Å². The molecule has 7 heteroatoms. The van der Waals surface area contributed by atoms with E-state index in [4.69, 9.17) is 4.42 Å². The average molecular weight is 490 g/mol. The topological polar surface area (TPSA) is 75.4 Å². The maximum Gasteiger partial charge on any atom is 0.274 e. The first-order chi connectivity index (χ1) is 16.7. The molecule has 0 unspecified atom stereocenters. The lowest BCUT2D eigenvalue weighted by Crippen LogP contribution is -2.40. The van der Waals surface area contributed by atoms with E-state index < -0.39 is 0 Å². The number of rotatable bonds is 8. The largest absolute Gasteiger partial charge is 0.464 e. The minimum atomic E-state index is -0.185. The Morgan fingerprint density at radius 2 is 1.80 bits per heavy atom. The Hall–Kier alpha value is -3.45. The second-order valence-electron chi connectivity index (χ2n) is 9.77. The van der Waals surface area contributed by atoms with Crippen LogP contribution in [0.2, 0.25) is 0 Å². The van der Waals surface area contributed by atoms with Crippen molar-refractivity contribution in [3.8, 4) is 10.4 Å². The van der Waals surface area contributed by atoms with Crippen LogP contribution < -0.4 is 5.32 Å². The van der Waals surface area contributed by atoms with Crippen molar-refractivity contribution in [3.63, 3.8) is 0 Å². The third-order valence-corrected chi connectivity index (χ3v) is 6.82. The van der Waals surface area contributed by atoms with E-state index in [0.29, 0.717) is 36.5 Å². The quantitative estimate of drug-likeness (QED) is 0.321. The molecule has 2 aromatic heterocycles. The van der Waals surface area contributed by atoms with Gasteiger partial charge in [0.05, 0.1) is 21.7 Å². The number of furan rings is 1. The lowest BCUT2D eigenvalue weighted by Gasteiger charge is -2.27. The Balaban J connectivity index is 1.51. The smallest absolute Gasteiger partial charge is 0.274 e. The Morgan fingerprint density at radius 3 is 2.54 bits per heavy atom. The molecule has 0 radical (unpaired) electrons. The van der Waals surface area contributed by atoms with Crippen LogP contribution in [0.4, 0.5) is 0 Å². The van der Waals surface area contributed by atoms with E-state index in [9.17, 15) is 9.59 Å². The zero-order valence-corrected chi connectivity index (χ0v) is 21.4. The number of benzene rings is 2. The van der Waals surface area contributed by atoms with Crippen molar-refractivity contribution in [1.29, 1.82) is 0 Å². The van der Waals surface area contributed by atoms with Crippen LogP contribution in [0.15, 0.2) is 65.3 Å². The number of nitrogens with zero attached hydrogens (tertiary/aromatic N) is 2. The van der Waals surface area contributed by atoms with Gasteiger partial charge in [-0.25, -0.2) is 4.98 Å². The van der Waals surface area contributed by atoms with Crippen molar-refractivity contribution in [1.82, 2.24) is 15.2 Å². The van der Waals surface area contributed by atoms with Gasteiger partial charge in [0.1, 0.15) is 11.3 Å². The van der Waals surface area contributed by atoms with Crippen LogP contribution in [-0.2, 0) is 0 Å². The summed E-state index contributed by atoms with van der Waals surface area (Å²) in [5.41, 5.74) is 2.76. The molecular weight excluding hydrogens is 458 g/mol. The predicted molar refractivity (Wildman–Crippen MR) is 141 cm³/mol.